The molecule has 0 saturated carbocycles. The number of carbonyl (C=O) groups is 1. The molecule has 0 radical (unpaired) electrons. The number of para-hydroxylation sites is 1. The predicted octanol–water partition coefficient (Wildman–Crippen LogP) is 5.45. The molecule has 0 fully saturated rings. The van der Waals surface area contributed by atoms with Gasteiger partial charge in [-0.2, -0.15) is 0 Å². The molecular weight excluding hydrogens is 542 g/mol. The van der Waals surface area contributed by atoms with Crippen molar-refractivity contribution in [1.29, 1.82) is 0 Å². The smallest absolute Gasteiger partial charge is 0.247 e. The van der Waals surface area contributed by atoms with E-state index in [0.717, 1.165) is 39.3 Å². The van der Waals surface area contributed by atoms with Crippen LogP contribution < -0.4 is 15.2 Å². The fraction of sp³-hybridized carbons (Fsp3) is 0.531. The third-order valence-electron chi connectivity index (χ3n) is 7.85. The number of nitrogens with one attached hydrogen (secondary N) is 1. The van der Waals surface area contributed by atoms with Gasteiger partial charge in [0.15, 0.2) is 11.5 Å². The molecule has 1 amide bonds. The van der Waals surface area contributed by atoms with Crippen molar-refractivity contribution in [1.82, 2.24) is 9.40 Å². The van der Waals surface area contributed by atoms with Crippen LogP contribution in [-0.4, -0.2) is 66.5 Å². The van der Waals surface area contributed by atoms with E-state index in [9.17, 15) is 9.90 Å². The van der Waals surface area contributed by atoms with Crippen LogP contribution in [0.1, 0.15) is 51.7 Å². The van der Waals surface area contributed by atoms with E-state index in [-0.39, 0.29) is 18.4 Å². The molecule has 1 heterocycles. The number of methoxy groups -OCH3 is 2. The Morgan fingerprint density at radius 2 is 1.85 bits per heavy atom. The lowest BCUT2D eigenvalue weighted by Gasteiger charge is -2.31. The second-order valence-corrected chi connectivity index (χ2v) is 12.0. The molecule has 3 rings (SSSR count). The number of hydrogen-bond donors (Lipinski definition) is 3. The van der Waals surface area contributed by atoms with Crippen LogP contribution in [0.15, 0.2) is 48.7 Å². The van der Waals surface area contributed by atoms with Gasteiger partial charge in [0.1, 0.15) is 0 Å². The number of benzene rings is 2. The van der Waals surface area contributed by atoms with Gasteiger partial charge in [0.2, 0.25) is 5.91 Å². The number of aliphatic hydroxyl groups is 1. The number of ether oxygens (including phenoxy) is 3. The summed E-state index contributed by atoms with van der Waals surface area (Å²) < 4.78 is 17.6. The van der Waals surface area contributed by atoms with E-state index in [1.54, 1.807) is 14.2 Å². The number of hydrogen-bond acceptors (Lipinski definition) is 6. The van der Waals surface area contributed by atoms with Gasteiger partial charge in [-0.1, -0.05) is 38.1 Å². The van der Waals surface area contributed by atoms with Crippen LogP contribution in [-0.2, 0) is 21.4 Å². The standard InChI is InChI=1S/C32H46ClN3O5/c1-21(2)23(16-22-12-13-29(40-6)30(17-22)41-15-9-14-39-5)18-26(34)28(37)20-36(33)31(38)32(3,4)25-19-35-27-11-8-7-10-24(25)27/h7-8,10-13,17,19,21,23,26,28,35,37H,9,14-16,18,20,34H2,1-6H3/t23-,26-,28-/m0/s1. The number of nitrogens with zero attached hydrogens (tertiary/aromatic N) is 1. The van der Waals surface area contributed by atoms with Gasteiger partial charge >= 0.3 is 0 Å². The summed E-state index contributed by atoms with van der Waals surface area (Å²) in [7, 11) is 3.30. The number of aromatic amines is 1. The number of aromatic nitrogens is 1. The second-order valence-electron chi connectivity index (χ2n) is 11.6. The number of fused-ring (bicyclic) bond motifs is 1. The van der Waals surface area contributed by atoms with Crippen LogP contribution in [0.3, 0.4) is 0 Å². The third kappa shape index (κ3) is 8.38. The minimum Gasteiger partial charge on any atom is -0.493 e. The molecule has 3 aromatic rings. The predicted molar refractivity (Wildman–Crippen MR) is 165 cm³/mol. The van der Waals surface area contributed by atoms with Crippen LogP contribution in [0.4, 0.5) is 0 Å². The van der Waals surface area contributed by atoms with Crippen LogP contribution in [0.5, 0.6) is 11.5 Å². The molecule has 9 heteroatoms. The summed E-state index contributed by atoms with van der Waals surface area (Å²) in [4.78, 5) is 16.7. The quantitative estimate of drug-likeness (QED) is 0.152. The van der Waals surface area contributed by atoms with E-state index in [2.05, 4.69) is 18.8 Å². The molecule has 1 aromatic heterocycles. The highest BCUT2D eigenvalue weighted by molar-refractivity contribution is 6.22. The number of H-pyrrole nitrogens is 1. The number of amides is 1. The summed E-state index contributed by atoms with van der Waals surface area (Å²) >= 11 is 6.48. The van der Waals surface area contributed by atoms with Crippen molar-refractivity contribution in [2.75, 3.05) is 34.0 Å². The minimum atomic E-state index is -0.980. The van der Waals surface area contributed by atoms with Crippen molar-refractivity contribution in [3.8, 4) is 11.5 Å². The average Bonchev–Trinajstić information content (AvgIpc) is 3.39. The number of carbonyl (C=O) groups excluding carboxylic acids is 1. The van der Waals surface area contributed by atoms with E-state index < -0.39 is 17.6 Å². The molecule has 0 aliphatic heterocycles. The first-order valence-corrected chi connectivity index (χ1v) is 14.6. The monoisotopic (exact) mass is 587 g/mol. The first-order chi connectivity index (χ1) is 19.5. The van der Waals surface area contributed by atoms with Crippen LogP contribution in [0, 0.1) is 11.8 Å². The van der Waals surface area contributed by atoms with E-state index in [0.29, 0.717) is 37.1 Å². The van der Waals surface area contributed by atoms with E-state index in [4.69, 9.17) is 31.7 Å². The molecule has 0 aliphatic carbocycles. The summed E-state index contributed by atoms with van der Waals surface area (Å²) in [6.45, 7) is 9.07. The molecule has 0 aliphatic rings. The fourth-order valence-corrected chi connectivity index (χ4v) is 5.49. The summed E-state index contributed by atoms with van der Waals surface area (Å²) in [5.74, 6) is 1.59. The largest absolute Gasteiger partial charge is 0.493 e. The van der Waals surface area contributed by atoms with Gasteiger partial charge in [0.25, 0.3) is 0 Å². The zero-order valence-electron chi connectivity index (χ0n) is 25.2. The van der Waals surface area contributed by atoms with Crippen molar-refractivity contribution in [3.05, 3.63) is 59.8 Å². The molecule has 41 heavy (non-hydrogen) atoms. The maximum atomic E-state index is 13.4. The van der Waals surface area contributed by atoms with E-state index >= 15 is 0 Å². The van der Waals surface area contributed by atoms with Gasteiger partial charge in [-0.25, -0.2) is 0 Å². The highest BCUT2D eigenvalue weighted by Crippen LogP contribution is 2.34. The molecule has 0 saturated heterocycles. The molecular formula is C32H46ClN3O5. The molecule has 0 unspecified atom stereocenters. The first-order valence-electron chi connectivity index (χ1n) is 14.3. The average molecular weight is 588 g/mol. The van der Waals surface area contributed by atoms with Gasteiger partial charge in [0, 0.05) is 55.1 Å². The Kier molecular flexibility index (Phi) is 11.9. The van der Waals surface area contributed by atoms with Crippen LogP contribution >= 0.6 is 11.8 Å². The fourth-order valence-electron chi connectivity index (χ4n) is 5.14. The van der Waals surface area contributed by atoms with Crippen molar-refractivity contribution in [2.45, 2.75) is 64.5 Å². The normalized spacial score (nSPS) is 14.2. The highest BCUT2D eigenvalue weighted by Gasteiger charge is 2.37. The van der Waals surface area contributed by atoms with Crippen molar-refractivity contribution in [3.63, 3.8) is 0 Å². The Morgan fingerprint density at radius 3 is 2.54 bits per heavy atom. The maximum Gasteiger partial charge on any atom is 0.247 e. The molecule has 8 nitrogen and oxygen atoms in total. The zero-order chi connectivity index (χ0) is 30.2. The second kappa shape index (κ2) is 14.9. The van der Waals surface area contributed by atoms with Gasteiger partial charge in [-0.3, -0.25) is 9.21 Å². The third-order valence-corrected chi connectivity index (χ3v) is 8.14. The number of halogens is 1. The number of aliphatic hydroxyl groups excluding tert-OH is 1. The molecule has 0 bridgehead atoms. The number of nitrogens with two attached hydrogens (primary N) is 1. The minimum absolute atomic E-state index is 0.0693. The van der Waals surface area contributed by atoms with E-state index in [1.165, 1.54) is 0 Å². The maximum absolute atomic E-state index is 13.4. The summed E-state index contributed by atoms with van der Waals surface area (Å²) in [5.41, 5.74) is 8.50. The molecule has 3 atom stereocenters. The lowest BCUT2D eigenvalue weighted by atomic mass is 9.82. The molecule has 226 valence electrons. The summed E-state index contributed by atoms with van der Waals surface area (Å²) in [6.07, 6.45) is 2.97. The van der Waals surface area contributed by atoms with Gasteiger partial charge < -0.3 is 30.0 Å². The Balaban J connectivity index is 1.63. The Bertz CT molecular complexity index is 1260. The molecule has 2 aromatic carbocycles. The number of rotatable bonds is 16. The SMILES string of the molecule is COCCCOc1cc(C[C@@H](C[C@H](N)[C@@H](O)CN(Cl)C(=O)C(C)(C)c2c[nH]c3ccccc23)C(C)C)ccc1OC. The first kappa shape index (κ1) is 32.7. The van der Waals surface area contributed by atoms with Gasteiger partial charge in [-0.15, -0.1) is 0 Å². The Morgan fingerprint density at radius 1 is 1.12 bits per heavy atom. The van der Waals surface area contributed by atoms with Crippen LogP contribution in [0.2, 0.25) is 0 Å². The van der Waals surface area contributed by atoms with Crippen molar-refractivity contribution in [2.24, 2.45) is 17.6 Å². The van der Waals surface area contributed by atoms with E-state index in [1.807, 2.05) is 62.5 Å². The Labute approximate surface area is 249 Å². The Hall–Kier alpha value is -2.78. The van der Waals surface area contributed by atoms with Crippen LogP contribution in [0.25, 0.3) is 10.9 Å². The zero-order valence-corrected chi connectivity index (χ0v) is 25.9. The summed E-state index contributed by atoms with van der Waals surface area (Å²) in [5, 5.41) is 12.0. The topological polar surface area (TPSA) is 110 Å². The van der Waals surface area contributed by atoms with Crippen molar-refractivity contribution < 1.29 is 24.1 Å². The molecule has 0 spiro atoms. The highest BCUT2D eigenvalue weighted by atomic mass is 35.5. The van der Waals surface area contributed by atoms with Crippen molar-refractivity contribution >= 4 is 28.6 Å². The van der Waals surface area contributed by atoms with Gasteiger partial charge in [0.05, 0.1) is 31.8 Å². The van der Waals surface area contributed by atoms with Gasteiger partial charge in [-0.05, 0) is 67.9 Å². The summed E-state index contributed by atoms with van der Waals surface area (Å²) in [6, 6.07) is 13.2. The lowest BCUT2D eigenvalue weighted by molar-refractivity contribution is -0.132. The molecule has 4 N–H and O–H groups in total. The lowest BCUT2D eigenvalue weighted by Crippen LogP contribution is -2.47.